The van der Waals surface area contributed by atoms with Gasteiger partial charge in [0.1, 0.15) is 17.2 Å². The molecule has 0 aliphatic heterocycles. The van der Waals surface area contributed by atoms with Gasteiger partial charge in [0, 0.05) is 17.6 Å². The van der Waals surface area contributed by atoms with Crippen LogP contribution < -0.4 is 14.2 Å². The second-order valence-corrected chi connectivity index (χ2v) is 10.9. The number of fused-ring (bicyclic) bond motifs is 3. The molecule has 0 amide bonds. The minimum absolute atomic E-state index is 0.0387. The summed E-state index contributed by atoms with van der Waals surface area (Å²) in [6, 6.07) is 15.7. The molecular formula is C37H38O9. The number of esters is 4. The highest BCUT2D eigenvalue weighted by molar-refractivity contribution is 5.95. The zero-order valence-electron chi connectivity index (χ0n) is 26.4. The SMILES string of the molecule is C=CC(=O)OCCCCCCOc1ccc2c(c1C)C(C)c1cc(C(=O)Oc3ccc(OC(=O)C(=C)CC(=O)OC)cc3)ccc1-2. The number of carbonyl (C=O) groups excluding carboxylic acids is 4. The topological polar surface area (TPSA) is 114 Å². The van der Waals surface area contributed by atoms with E-state index < -0.39 is 23.9 Å². The predicted octanol–water partition coefficient (Wildman–Crippen LogP) is 7.04. The summed E-state index contributed by atoms with van der Waals surface area (Å²) in [7, 11) is 1.22. The van der Waals surface area contributed by atoms with Crippen LogP contribution in [0.1, 0.15) is 72.0 Å². The Hall–Kier alpha value is -5.18. The molecule has 1 aliphatic rings. The molecule has 46 heavy (non-hydrogen) atoms. The first-order valence-electron chi connectivity index (χ1n) is 15.1. The van der Waals surface area contributed by atoms with Gasteiger partial charge in [0.2, 0.25) is 0 Å². The molecule has 1 unspecified atom stereocenters. The highest BCUT2D eigenvalue weighted by atomic mass is 16.5. The third kappa shape index (κ3) is 8.29. The molecule has 0 spiro atoms. The van der Waals surface area contributed by atoms with E-state index in [-0.39, 0.29) is 29.4 Å². The summed E-state index contributed by atoms with van der Waals surface area (Å²) in [6.45, 7) is 12.1. The average molecular weight is 627 g/mol. The van der Waals surface area contributed by atoms with Crippen molar-refractivity contribution in [2.24, 2.45) is 0 Å². The third-order valence-electron chi connectivity index (χ3n) is 7.77. The standard InChI is InChI=1S/C37H38O9/c1-6-33(38)44-20-10-8-7-9-19-43-32-18-17-30-29-16-11-26(22-31(29)24(3)35(30)25(32)4)37(41)46-28-14-12-27(13-15-28)45-36(40)23(2)21-34(39)42-5/h6,11-18,22,24H,1-2,7-10,19-21H2,3-5H3. The molecule has 1 atom stereocenters. The molecular weight excluding hydrogens is 588 g/mol. The maximum absolute atomic E-state index is 13.1. The molecule has 4 rings (SSSR count). The lowest BCUT2D eigenvalue weighted by Crippen LogP contribution is -2.14. The van der Waals surface area contributed by atoms with Crippen molar-refractivity contribution in [2.45, 2.75) is 51.9 Å². The molecule has 0 saturated heterocycles. The predicted molar refractivity (Wildman–Crippen MR) is 172 cm³/mol. The van der Waals surface area contributed by atoms with Gasteiger partial charge in [-0.1, -0.05) is 32.2 Å². The Morgan fingerprint density at radius 2 is 1.50 bits per heavy atom. The van der Waals surface area contributed by atoms with Gasteiger partial charge in [-0.15, -0.1) is 0 Å². The van der Waals surface area contributed by atoms with E-state index in [4.69, 9.17) is 18.9 Å². The van der Waals surface area contributed by atoms with E-state index in [0.717, 1.165) is 53.7 Å². The average Bonchev–Trinajstić information content (AvgIpc) is 3.34. The largest absolute Gasteiger partial charge is 0.493 e. The summed E-state index contributed by atoms with van der Waals surface area (Å²) in [6.07, 6.45) is 4.53. The van der Waals surface area contributed by atoms with Crippen molar-refractivity contribution in [1.29, 1.82) is 0 Å². The van der Waals surface area contributed by atoms with E-state index in [9.17, 15) is 19.2 Å². The van der Waals surface area contributed by atoms with Crippen LogP contribution in [0.5, 0.6) is 17.2 Å². The fourth-order valence-electron chi connectivity index (χ4n) is 5.32. The van der Waals surface area contributed by atoms with Gasteiger partial charge in [-0.3, -0.25) is 4.79 Å². The molecule has 3 aromatic carbocycles. The van der Waals surface area contributed by atoms with Gasteiger partial charge in [-0.25, -0.2) is 14.4 Å². The van der Waals surface area contributed by atoms with Gasteiger partial charge in [0.25, 0.3) is 0 Å². The highest BCUT2D eigenvalue weighted by Crippen LogP contribution is 2.48. The van der Waals surface area contributed by atoms with Gasteiger partial charge in [0.15, 0.2) is 0 Å². The lowest BCUT2D eigenvalue weighted by Gasteiger charge is -2.15. The molecule has 3 aromatic rings. The minimum atomic E-state index is -0.755. The third-order valence-corrected chi connectivity index (χ3v) is 7.77. The van der Waals surface area contributed by atoms with Crippen LogP contribution in [0, 0.1) is 6.92 Å². The van der Waals surface area contributed by atoms with Crippen LogP contribution in [-0.2, 0) is 23.9 Å². The molecule has 0 heterocycles. The van der Waals surface area contributed by atoms with E-state index in [0.29, 0.717) is 18.8 Å². The summed E-state index contributed by atoms with van der Waals surface area (Å²) in [5.74, 6) is -0.856. The van der Waals surface area contributed by atoms with Crippen LogP contribution in [0.3, 0.4) is 0 Å². The van der Waals surface area contributed by atoms with Crippen molar-refractivity contribution < 1.29 is 42.9 Å². The molecule has 1 aliphatic carbocycles. The Morgan fingerprint density at radius 3 is 2.17 bits per heavy atom. The number of methoxy groups -OCH3 is 1. The number of ether oxygens (including phenoxy) is 5. The molecule has 9 heteroatoms. The number of hydrogen-bond acceptors (Lipinski definition) is 9. The van der Waals surface area contributed by atoms with Crippen LogP contribution >= 0.6 is 0 Å². The monoisotopic (exact) mass is 626 g/mol. The highest BCUT2D eigenvalue weighted by Gasteiger charge is 2.29. The van der Waals surface area contributed by atoms with Crippen molar-refractivity contribution >= 4 is 23.9 Å². The number of hydrogen-bond donors (Lipinski definition) is 0. The fraction of sp³-hybridized carbons (Fsp3) is 0.297. The van der Waals surface area contributed by atoms with Gasteiger partial charge >= 0.3 is 23.9 Å². The normalized spacial score (nSPS) is 12.7. The summed E-state index contributed by atoms with van der Waals surface area (Å²) in [5.41, 5.74) is 5.88. The van der Waals surface area contributed by atoms with E-state index in [2.05, 4.69) is 37.8 Å². The zero-order chi connectivity index (χ0) is 33.2. The first-order chi connectivity index (χ1) is 22.1. The number of carbonyl (C=O) groups is 4. The fourth-order valence-corrected chi connectivity index (χ4v) is 5.32. The van der Waals surface area contributed by atoms with Gasteiger partial charge in [-0.2, -0.15) is 0 Å². The lowest BCUT2D eigenvalue weighted by atomic mass is 9.94. The van der Waals surface area contributed by atoms with Gasteiger partial charge in [-0.05, 0) is 103 Å². The summed E-state index contributed by atoms with van der Waals surface area (Å²) >= 11 is 0. The molecule has 9 nitrogen and oxygen atoms in total. The van der Waals surface area contributed by atoms with Gasteiger partial charge in [0.05, 0.1) is 32.3 Å². The molecule has 0 saturated carbocycles. The summed E-state index contributed by atoms with van der Waals surface area (Å²) in [5, 5.41) is 0. The summed E-state index contributed by atoms with van der Waals surface area (Å²) < 4.78 is 26.5. The Labute approximate surface area is 268 Å². The van der Waals surface area contributed by atoms with Crippen LogP contribution in [0.2, 0.25) is 0 Å². The second-order valence-electron chi connectivity index (χ2n) is 10.9. The van der Waals surface area contributed by atoms with Crippen molar-refractivity contribution in [2.75, 3.05) is 20.3 Å². The van der Waals surface area contributed by atoms with E-state index in [1.807, 2.05) is 18.2 Å². The second kappa shape index (κ2) is 15.7. The summed E-state index contributed by atoms with van der Waals surface area (Å²) in [4.78, 5) is 47.6. The molecule has 240 valence electrons. The number of rotatable bonds is 15. The maximum Gasteiger partial charge on any atom is 0.343 e. The molecule has 0 fully saturated rings. The Bertz CT molecular complexity index is 1640. The van der Waals surface area contributed by atoms with E-state index in [1.54, 1.807) is 6.07 Å². The minimum Gasteiger partial charge on any atom is -0.493 e. The van der Waals surface area contributed by atoms with Crippen molar-refractivity contribution in [3.63, 3.8) is 0 Å². The van der Waals surface area contributed by atoms with Crippen LogP contribution in [0.25, 0.3) is 11.1 Å². The first-order valence-corrected chi connectivity index (χ1v) is 15.1. The van der Waals surface area contributed by atoms with Crippen LogP contribution in [-0.4, -0.2) is 44.2 Å². The number of benzene rings is 3. The van der Waals surface area contributed by atoms with Crippen molar-refractivity contribution in [3.05, 3.63) is 102 Å². The molecule has 0 radical (unpaired) electrons. The molecule has 0 bridgehead atoms. The smallest absolute Gasteiger partial charge is 0.343 e. The van der Waals surface area contributed by atoms with Gasteiger partial charge < -0.3 is 23.7 Å². The van der Waals surface area contributed by atoms with Crippen molar-refractivity contribution in [1.82, 2.24) is 0 Å². The lowest BCUT2D eigenvalue weighted by molar-refractivity contribution is -0.141. The van der Waals surface area contributed by atoms with Crippen molar-refractivity contribution in [3.8, 4) is 28.4 Å². The molecule has 0 N–H and O–H groups in total. The Balaban J connectivity index is 1.32. The Morgan fingerprint density at radius 1 is 0.848 bits per heavy atom. The van der Waals surface area contributed by atoms with Crippen LogP contribution in [0.15, 0.2) is 79.4 Å². The maximum atomic E-state index is 13.1. The quantitative estimate of drug-likeness (QED) is 0.0758. The first kappa shape index (κ1) is 33.7. The van der Waals surface area contributed by atoms with E-state index in [1.165, 1.54) is 43.0 Å². The molecule has 0 aromatic heterocycles. The number of unbranched alkanes of at least 4 members (excludes halogenated alkanes) is 3. The van der Waals surface area contributed by atoms with E-state index >= 15 is 0 Å². The zero-order valence-corrected chi connectivity index (χ0v) is 26.4. The Kier molecular flexibility index (Phi) is 11.5. The van der Waals surface area contributed by atoms with Crippen LogP contribution in [0.4, 0.5) is 0 Å².